The summed E-state index contributed by atoms with van der Waals surface area (Å²) in [5.41, 5.74) is 1.57. The summed E-state index contributed by atoms with van der Waals surface area (Å²) in [4.78, 5) is 12.5. The summed E-state index contributed by atoms with van der Waals surface area (Å²) >= 11 is 12.3. The number of benzene rings is 1. The number of nitrogens with zero attached hydrogens (tertiary/aromatic N) is 2. The highest BCUT2D eigenvalue weighted by Crippen LogP contribution is 2.20. The summed E-state index contributed by atoms with van der Waals surface area (Å²) in [5.74, 6) is 0. The molecule has 8 heteroatoms. The van der Waals surface area contributed by atoms with Crippen LogP contribution in [0.15, 0.2) is 29.2 Å². The van der Waals surface area contributed by atoms with Crippen molar-refractivity contribution in [2.45, 2.75) is 25.9 Å². The Morgan fingerprint density at radius 3 is 3.00 bits per heavy atom. The molecular weight excluding hydrogens is 377 g/mol. The Kier molecular flexibility index (Phi) is 6.53. The van der Waals surface area contributed by atoms with E-state index in [4.69, 9.17) is 32.7 Å². The minimum atomic E-state index is -0.406. The highest BCUT2D eigenvalue weighted by Gasteiger charge is 2.15. The number of ether oxygens (including phenoxy) is 2. The predicted molar refractivity (Wildman–Crippen MR) is 103 cm³/mol. The molecule has 140 valence electrons. The van der Waals surface area contributed by atoms with Crippen LogP contribution in [0.2, 0.25) is 10.0 Å². The second kappa shape index (κ2) is 8.86. The predicted octanol–water partition coefficient (Wildman–Crippen LogP) is 3.46. The fraction of sp³-hybridized carbons (Fsp3) is 0.444. The zero-order valence-electron chi connectivity index (χ0n) is 14.5. The molecule has 0 radical (unpaired) electrons. The number of aryl methyl sites for hydroxylation is 1. The van der Waals surface area contributed by atoms with Crippen LogP contribution in [-0.2, 0) is 9.47 Å². The molecule has 3 rings (SSSR count). The van der Waals surface area contributed by atoms with Gasteiger partial charge in [0.05, 0.1) is 36.9 Å². The van der Waals surface area contributed by atoms with Gasteiger partial charge < -0.3 is 14.8 Å². The minimum Gasteiger partial charge on any atom is -0.380 e. The van der Waals surface area contributed by atoms with Crippen LogP contribution in [0.1, 0.15) is 18.4 Å². The van der Waals surface area contributed by atoms with Gasteiger partial charge in [-0.3, -0.25) is 4.79 Å². The van der Waals surface area contributed by atoms with Crippen LogP contribution < -0.4 is 10.9 Å². The van der Waals surface area contributed by atoms with Crippen LogP contribution in [0.3, 0.4) is 0 Å². The van der Waals surface area contributed by atoms with Crippen molar-refractivity contribution >= 4 is 28.9 Å². The Bertz CT molecular complexity index is 820. The van der Waals surface area contributed by atoms with E-state index in [1.165, 1.54) is 10.9 Å². The first-order chi connectivity index (χ1) is 12.6. The lowest BCUT2D eigenvalue weighted by Gasteiger charge is -2.12. The lowest BCUT2D eigenvalue weighted by atomic mass is 10.2. The molecule has 1 aliphatic heterocycles. The maximum atomic E-state index is 12.5. The molecule has 2 heterocycles. The zero-order chi connectivity index (χ0) is 18.5. The fourth-order valence-corrected chi connectivity index (χ4v) is 3.07. The summed E-state index contributed by atoms with van der Waals surface area (Å²) < 4.78 is 12.3. The van der Waals surface area contributed by atoms with E-state index in [0.717, 1.165) is 25.0 Å². The molecule has 1 saturated heterocycles. The van der Waals surface area contributed by atoms with Crippen molar-refractivity contribution in [3.63, 3.8) is 0 Å². The van der Waals surface area contributed by atoms with Gasteiger partial charge in [-0.1, -0.05) is 29.3 Å². The third kappa shape index (κ3) is 4.57. The molecule has 1 aromatic carbocycles. The van der Waals surface area contributed by atoms with Gasteiger partial charge in [0.25, 0.3) is 5.56 Å². The maximum Gasteiger partial charge on any atom is 0.292 e. The Balaban J connectivity index is 1.60. The van der Waals surface area contributed by atoms with E-state index in [1.54, 1.807) is 12.1 Å². The monoisotopic (exact) mass is 397 g/mol. The third-order valence-corrected chi connectivity index (χ3v) is 4.98. The average Bonchev–Trinajstić information content (AvgIpc) is 3.14. The molecule has 0 bridgehead atoms. The smallest absolute Gasteiger partial charge is 0.292 e. The molecule has 6 nitrogen and oxygen atoms in total. The molecule has 26 heavy (non-hydrogen) atoms. The molecule has 0 amide bonds. The highest BCUT2D eigenvalue weighted by atomic mass is 35.5. The van der Waals surface area contributed by atoms with E-state index in [0.29, 0.717) is 36.2 Å². The topological polar surface area (TPSA) is 65.4 Å². The Hall–Kier alpha value is -1.60. The Morgan fingerprint density at radius 1 is 1.42 bits per heavy atom. The number of rotatable bonds is 7. The third-order valence-electron chi connectivity index (χ3n) is 4.21. The van der Waals surface area contributed by atoms with E-state index in [9.17, 15) is 4.79 Å². The fourth-order valence-electron chi connectivity index (χ4n) is 2.70. The summed E-state index contributed by atoms with van der Waals surface area (Å²) in [7, 11) is 0. The first-order valence-electron chi connectivity index (χ1n) is 8.54. The molecule has 0 aliphatic carbocycles. The summed E-state index contributed by atoms with van der Waals surface area (Å²) in [6.07, 6.45) is 3.86. The SMILES string of the molecule is Cc1ccc(-n2ncc(NCCOCC3CCCO3)c(Cl)c2=O)cc1Cl. The first-order valence-corrected chi connectivity index (χ1v) is 9.29. The molecule has 1 fully saturated rings. The van der Waals surface area contributed by atoms with E-state index in [1.807, 2.05) is 13.0 Å². The lowest BCUT2D eigenvalue weighted by Crippen LogP contribution is -2.24. The molecule has 1 unspecified atom stereocenters. The number of halogens is 2. The van der Waals surface area contributed by atoms with Crippen molar-refractivity contribution in [1.29, 1.82) is 0 Å². The van der Waals surface area contributed by atoms with Gasteiger partial charge in [0.2, 0.25) is 0 Å². The van der Waals surface area contributed by atoms with Gasteiger partial charge in [0, 0.05) is 18.2 Å². The van der Waals surface area contributed by atoms with Crippen LogP contribution in [-0.4, -0.2) is 42.2 Å². The maximum absolute atomic E-state index is 12.5. The second-order valence-corrected chi connectivity index (χ2v) is 6.94. The van der Waals surface area contributed by atoms with Crippen LogP contribution in [0.4, 0.5) is 5.69 Å². The van der Waals surface area contributed by atoms with Crippen molar-refractivity contribution in [1.82, 2.24) is 9.78 Å². The molecule has 1 aliphatic rings. The number of aromatic nitrogens is 2. The molecule has 1 atom stereocenters. The molecule has 2 aromatic rings. The molecular formula is C18H21Cl2N3O3. The van der Waals surface area contributed by atoms with E-state index in [2.05, 4.69) is 10.4 Å². The standard InChI is InChI=1S/C18H21Cl2N3O3/c1-12-4-5-13(9-15(12)19)23-18(24)17(20)16(10-22-23)21-6-8-25-11-14-3-2-7-26-14/h4-5,9-10,14,21H,2-3,6-8,11H2,1H3. The van der Waals surface area contributed by atoms with Crippen LogP contribution >= 0.6 is 23.2 Å². The Morgan fingerprint density at radius 2 is 2.27 bits per heavy atom. The molecule has 0 saturated carbocycles. The van der Waals surface area contributed by atoms with Gasteiger partial charge in [-0.05, 0) is 37.5 Å². The molecule has 1 aromatic heterocycles. The number of nitrogens with one attached hydrogen (secondary N) is 1. The highest BCUT2D eigenvalue weighted by molar-refractivity contribution is 6.33. The second-order valence-electron chi connectivity index (χ2n) is 6.16. The van der Waals surface area contributed by atoms with Crippen molar-refractivity contribution in [2.75, 3.05) is 31.7 Å². The Labute approximate surface area is 162 Å². The van der Waals surface area contributed by atoms with Crippen molar-refractivity contribution in [2.24, 2.45) is 0 Å². The zero-order valence-corrected chi connectivity index (χ0v) is 16.0. The van der Waals surface area contributed by atoms with Crippen LogP contribution in [0.5, 0.6) is 0 Å². The first kappa shape index (κ1) is 19.2. The lowest BCUT2D eigenvalue weighted by molar-refractivity contribution is 0.0206. The van der Waals surface area contributed by atoms with Gasteiger partial charge in [0.15, 0.2) is 0 Å². The van der Waals surface area contributed by atoms with Gasteiger partial charge in [-0.2, -0.15) is 9.78 Å². The van der Waals surface area contributed by atoms with E-state index >= 15 is 0 Å². The van der Waals surface area contributed by atoms with Gasteiger partial charge in [-0.25, -0.2) is 0 Å². The van der Waals surface area contributed by atoms with Crippen molar-refractivity contribution in [3.8, 4) is 5.69 Å². The van der Waals surface area contributed by atoms with Crippen LogP contribution in [0, 0.1) is 6.92 Å². The number of hydrogen-bond acceptors (Lipinski definition) is 5. The quantitative estimate of drug-likeness (QED) is 0.724. The van der Waals surface area contributed by atoms with Gasteiger partial charge >= 0.3 is 0 Å². The summed E-state index contributed by atoms with van der Waals surface area (Å²) in [6, 6.07) is 5.29. The van der Waals surface area contributed by atoms with Crippen molar-refractivity contribution < 1.29 is 9.47 Å². The number of anilines is 1. The van der Waals surface area contributed by atoms with Crippen molar-refractivity contribution in [3.05, 3.63) is 50.4 Å². The summed E-state index contributed by atoms with van der Waals surface area (Å²) in [5, 5.41) is 7.91. The molecule has 1 N–H and O–H groups in total. The van der Waals surface area contributed by atoms with Gasteiger partial charge in [-0.15, -0.1) is 0 Å². The van der Waals surface area contributed by atoms with E-state index < -0.39 is 5.56 Å². The van der Waals surface area contributed by atoms with E-state index in [-0.39, 0.29) is 11.1 Å². The normalized spacial score (nSPS) is 16.8. The molecule has 0 spiro atoms. The van der Waals surface area contributed by atoms with Gasteiger partial charge in [0.1, 0.15) is 5.02 Å². The number of hydrogen-bond donors (Lipinski definition) is 1. The average molecular weight is 398 g/mol. The summed E-state index contributed by atoms with van der Waals surface area (Å²) in [6.45, 7) is 4.31. The minimum absolute atomic E-state index is 0.0795. The largest absolute Gasteiger partial charge is 0.380 e. The van der Waals surface area contributed by atoms with Crippen LogP contribution in [0.25, 0.3) is 5.69 Å².